The fraction of sp³-hybridized carbons (Fsp3) is 0.739. The standard InChI is InChI=1S/C23H43N8OP3/c1-23-14-7-8-22(23)21-11-9-17-16-18(10-12-19(17)20(21)13-15-23)32-35(28-6)30-33(24-2,25-3)29-34(26-4,27-5)31-35/h10,12,16,20-22,24-28H,7-9,11,13-15H2,1-6H3/t20-,21-,22+,23+/m1/s1. The Kier molecular flexibility index (Phi) is 7.22. The summed E-state index contributed by atoms with van der Waals surface area (Å²) in [6.45, 7) is 2.57. The molecule has 0 aromatic heterocycles. The maximum absolute atomic E-state index is 6.70. The lowest BCUT2D eigenvalue weighted by atomic mass is 9.56. The highest BCUT2D eigenvalue weighted by Gasteiger charge is 2.50. The number of rotatable bonds is 7. The number of hydrogen-bond acceptors (Lipinski definition) is 9. The number of aryl methyl sites for hydroxylation is 1. The predicted molar refractivity (Wildman–Crippen MR) is 150 cm³/mol. The number of fused-ring (bicyclic) bond motifs is 5. The van der Waals surface area contributed by atoms with Crippen molar-refractivity contribution in [2.24, 2.45) is 30.8 Å². The van der Waals surface area contributed by atoms with Gasteiger partial charge >= 0.3 is 7.58 Å². The molecule has 9 nitrogen and oxygen atoms in total. The monoisotopic (exact) mass is 540 g/mol. The first-order chi connectivity index (χ1) is 16.8. The minimum atomic E-state index is -2.74. The van der Waals surface area contributed by atoms with Crippen molar-refractivity contribution in [2.45, 2.75) is 57.8 Å². The van der Waals surface area contributed by atoms with Gasteiger partial charge in [0.15, 0.2) is 0 Å². The van der Waals surface area contributed by atoms with Crippen LogP contribution in [0, 0.1) is 17.3 Å². The van der Waals surface area contributed by atoms with Crippen LogP contribution in [0.4, 0.5) is 0 Å². The van der Waals surface area contributed by atoms with E-state index in [0.717, 1.165) is 24.0 Å². The first kappa shape index (κ1) is 26.1. The Morgan fingerprint density at radius 3 is 2.26 bits per heavy atom. The van der Waals surface area contributed by atoms with Crippen LogP contribution in [-0.4, -0.2) is 35.2 Å². The zero-order chi connectivity index (χ0) is 24.9. The summed E-state index contributed by atoms with van der Waals surface area (Å²) in [7, 11) is 1.91. The van der Waals surface area contributed by atoms with E-state index in [9.17, 15) is 0 Å². The van der Waals surface area contributed by atoms with Crippen molar-refractivity contribution in [3.63, 3.8) is 0 Å². The molecule has 1 aliphatic heterocycles. The molecule has 0 radical (unpaired) electrons. The third-order valence-electron chi connectivity index (χ3n) is 9.01. The van der Waals surface area contributed by atoms with E-state index in [1.54, 1.807) is 5.56 Å². The van der Waals surface area contributed by atoms with Crippen molar-refractivity contribution in [3.8, 4) is 5.75 Å². The molecule has 4 aliphatic rings. The van der Waals surface area contributed by atoms with Crippen molar-refractivity contribution >= 4 is 22.6 Å². The van der Waals surface area contributed by atoms with Gasteiger partial charge in [-0.15, -0.1) is 0 Å². The predicted octanol–water partition coefficient (Wildman–Crippen LogP) is 6.26. The summed E-state index contributed by atoms with van der Waals surface area (Å²) in [6, 6.07) is 6.76. The minimum Gasteiger partial charge on any atom is -0.431 e. The second-order valence-electron chi connectivity index (χ2n) is 10.6. The SMILES string of the molecule is CNP1(NC)=NP(NC)(NC)=NP(NC)(Oc2ccc3c(c2)CC[C@@H]2[C@@H]3CC[C@]3(C)CCC[C@@H]23)=N1. The largest absolute Gasteiger partial charge is 0.431 e. The van der Waals surface area contributed by atoms with Gasteiger partial charge in [0, 0.05) is 0 Å². The van der Waals surface area contributed by atoms with Crippen molar-refractivity contribution < 1.29 is 4.52 Å². The van der Waals surface area contributed by atoms with Gasteiger partial charge < -0.3 is 4.52 Å². The van der Waals surface area contributed by atoms with Gasteiger partial charge in [-0.25, -0.2) is 5.09 Å². The number of nitrogens with zero attached hydrogens (tertiary/aromatic N) is 3. The normalized spacial score (nSPS) is 36.6. The fourth-order valence-corrected chi connectivity index (χ4v) is 17.6. The molecule has 12 heteroatoms. The van der Waals surface area contributed by atoms with Gasteiger partial charge in [0.05, 0.1) is 0 Å². The lowest BCUT2D eigenvalue weighted by molar-refractivity contribution is 0.0598. The van der Waals surface area contributed by atoms with E-state index in [2.05, 4.69) is 50.6 Å². The molecule has 0 amide bonds. The maximum atomic E-state index is 6.70. The quantitative estimate of drug-likeness (QED) is 0.262. The summed E-state index contributed by atoms with van der Waals surface area (Å²) in [5.74, 6) is 3.31. The molecule has 35 heavy (non-hydrogen) atoms. The number of nitrogens with one attached hydrogen (secondary N) is 5. The van der Waals surface area contributed by atoms with Crippen LogP contribution in [0.15, 0.2) is 31.7 Å². The van der Waals surface area contributed by atoms with Crippen molar-refractivity contribution in [2.75, 3.05) is 35.2 Å². The zero-order valence-corrected chi connectivity index (χ0v) is 24.7. The summed E-state index contributed by atoms with van der Waals surface area (Å²) in [5, 5.41) is 16.7. The van der Waals surface area contributed by atoms with E-state index in [1.807, 2.05) is 35.2 Å². The highest BCUT2D eigenvalue weighted by molar-refractivity contribution is 7.82. The maximum Gasteiger partial charge on any atom is 0.330 e. The lowest BCUT2D eigenvalue weighted by Gasteiger charge is -2.49. The number of benzene rings is 1. The molecule has 1 unspecified atom stereocenters. The van der Waals surface area contributed by atoms with E-state index in [4.69, 9.17) is 18.1 Å². The lowest BCUT2D eigenvalue weighted by Crippen LogP contribution is -2.39. The van der Waals surface area contributed by atoms with Crippen LogP contribution in [0.25, 0.3) is 0 Å². The average molecular weight is 541 g/mol. The molecule has 0 saturated heterocycles. The van der Waals surface area contributed by atoms with Crippen molar-refractivity contribution in [1.82, 2.24) is 25.4 Å². The van der Waals surface area contributed by atoms with Gasteiger partial charge in [-0.1, -0.05) is 19.4 Å². The van der Waals surface area contributed by atoms with Gasteiger partial charge in [-0.2, -0.15) is 13.5 Å². The summed E-state index contributed by atoms with van der Waals surface area (Å²) in [6.07, 6.45) is 9.45. The second-order valence-corrected chi connectivity index (χ2v) is 18.6. The van der Waals surface area contributed by atoms with Crippen LogP contribution in [0.3, 0.4) is 0 Å². The highest BCUT2D eigenvalue weighted by Crippen LogP contribution is 2.71. The molecule has 5 rings (SSSR count). The second kappa shape index (κ2) is 9.67. The molecular weight excluding hydrogens is 497 g/mol. The molecule has 196 valence electrons. The fourth-order valence-electron chi connectivity index (χ4n) is 7.10. The van der Waals surface area contributed by atoms with E-state index in [-0.39, 0.29) is 0 Å². The summed E-state index contributed by atoms with van der Waals surface area (Å²) in [4.78, 5) is 0. The Balaban J connectivity index is 1.49. The van der Waals surface area contributed by atoms with Gasteiger partial charge in [0.1, 0.15) is 5.75 Å². The van der Waals surface area contributed by atoms with Crippen molar-refractivity contribution in [3.05, 3.63) is 29.3 Å². The van der Waals surface area contributed by atoms with Gasteiger partial charge in [-0.3, -0.25) is 20.3 Å². The molecule has 2 saturated carbocycles. The van der Waals surface area contributed by atoms with Crippen LogP contribution in [0.2, 0.25) is 0 Å². The molecule has 0 spiro atoms. The Morgan fingerprint density at radius 2 is 1.57 bits per heavy atom. The smallest absolute Gasteiger partial charge is 0.330 e. The van der Waals surface area contributed by atoms with Crippen LogP contribution < -0.4 is 30.0 Å². The first-order valence-corrected chi connectivity index (χ1v) is 18.0. The third kappa shape index (κ3) is 4.45. The molecule has 5 N–H and O–H groups in total. The van der Waals surface area contributed by atoms with E-state index in [1.165, 1.54) is 44.1 Å². The van der Waals surface area contributed by atoms with Crippen LogP contribution in [0.5, 0.6) is 5.75 Å². The average Bonchev–Trinajstić information content (AvgIpc) is 3.30. The topological polar surface area (TPSA) is 106 Å². The van der Waals surface area contributed by atoms with Gasteiger partial charge in [0.2, 0.25) is 15.0 Å². The van der Waals surface area contributed by atoms with Crippen LogP contribution in [0.1, 0.15) is 62.5 Å². The summed E-state index contributed by atoms with van der Waals surface area (Å²) in [5.41, 5.74) is 3.60. The van der Waals surface area contributed by atoms with E-state index in [0.29, 0.717) is 11.3 Å². The Hall–Kier alpha value is -0.490. The molecule has 1 heterocycles. The number of hydrogen-bond donors (Lipinski definition) is 5. The van der Waals surface area contributed by atoms with E-state index < -0.39 is 22.6 Å². The molecule has 2 fully saturated rings. The minimum absolute atomic E-state index is 0.590. The highest BCUT2D eigenvalue weighted by atomic mass is 31.3. The van der Waals surface area contributed by atoms with Gasteiger partial charge in [-0.05, 0) is 120 Å². The first-order valence-electron chi connectivity index (χ1n) is 13.0. The molecule has 3 aliphatic carbocycles. The molecule has 0 bridgehead atoms. The third-order valence-corrected chi connectivity index (χ3v) is 18.6. The van der Waals surface area contributed by atoms with Crippen molar-refractivity contribution in [1.29, 1.82) is 0 Å². The summed E-state index contributed by atoms with van der Waals surface area (Å²) < 4.78 is 21.9. The zero-order valence-electron chi connectivity index (χ0n) is 22.0. The molecular formula is C23H43N8OP3. The van der Waals surface area contributed by atoms with E-state index >= 15 is 0 Å². The summed E-state index contributed by atoms with van der Waals surface area (Å²) >= 11 is 0. The Bertz CT molecular complexity index is 1130. The van der Waals surface area contributed by atoms with Crippen LogP contribution >= 0.6 is 22.6 Å². The molecule has 1 aromatic rings. The molecule has 1 aromatic carbocycles. The Labute approximate surface area is 211 Å². The molecule has 5 atom stereocenters. The van der Waals surface area contributed by atoms with Crippen LogP contribution in [-0.2, 0) is 6.42 Å². The Morgan fingerprint density at radius 1 is 0.857 bits per heavy atom. The van der Waals surface area contributed by atoms with Gasteiger partial charge in [0.25, 0.3) is 0 Å².